The van der Waals surface area contributed by atoms with Crippen molar-refractivity contribution in [2.75, 3.05) is 42.9 Å². The zero-order chi connectivity index (χ0) is 21.1. The number of carbonyl (C=O) groups excluding carboxylic acids is 1. The number of benzene rings is 2. The van der Waals surface area contributed by atoms with Gasteiger partial charge < -0.3 is 10.2 Å². The molecule has 0 radical (unpaired) electrons. The average molecular weight is 461 g/mol. The number of carbonyl (C=O) groups is 1. The summed E-state index contributed by atoms with van der Waals surface area (Å²) >= 11 is 13.5. The molecule has 1 amide bonds. The maximum atomic E-state index is 12.5. The topological polar surface area (TPSA) is 48.5 Å². The highest BCUT2D eigenvalue weighted by atomic mass is 35.5. The number of nitrogens with zero attached hydrogens (tertiary/aromatic N) is 3. The van der Waals surface area contributed by atoms with Crippen molar-refractivity contribution in [3.05, 3.63) is 63.5 Å². The van der Waals surface area contributed by atoms with Crippen LogP contribution < -0.4 is 10.2 Å². The first-order valence-corrected chi connectivity index (χ1v) is 11.4. The highest BCUT2D eigenvalue weighted by molar-refractivity contribution is 7.14. The molecule has 2 heterocycles. The van der Waals surface area contributed by atoms with Crippen LogP contribution >= 0.6 is 34.5 Å². The Morgan fingerprint density at radius 2 is 1.77 bits per heavy atom. The fraction of sp³-hybridized carbons (Fsp3) is 0.273. The first-order valence-electron chi connectivity index (χ1n) is 9.73. The molecule has 8 heteroatoms. The van der Waals surface area contributed by atoms with Crippen LogP contribution in [0.5, 0.6) is 0 Å². The summed E-state index contributed by atoms with van der Waals surface area (Å²) < 4.78 is 0. The molecule has 0 bridgehead atoms. The molecule has 156 valence electrons. The van der Waals surface area contributed by atoms with E-state index in [0.29, 0.717) is 16.7 Å². The van der Waals surface area contributed by atoms with Crippen molar-refractivity contribution in [2.45, 2.75) is 6.92 Å². The average Bonchev–Trinajstić information content (AvgIpc) is 3.19. The van der Waals surface area contributed by atoms with Gasteiger partial charge in [0.25, 0.3) is 0 Å². The lowest BCUT2D eigenvalue weighted by Crippen LogP contribution is -2.48. The van der Waals surface area contributed by atoms with Crippen LogP contribution in [0, 0.1) is 6.92 Å². The number of halogens is 2. The third-order valence-electron chi connectivity index (χ3n) is 5.14. The van der Waals surface area contributed by atoms with Crippen molar-refractivity contribution in [3.8, 4) is 11.3 Å². The zero-order valence-electron chi connectivity index (χ0n) is 16.6. The van der Waals surface area contributed by atoms with Crippen LogP contribution in [-0.4, -0.2) is 48.5 Å². The molecule has 0 saturated carbocycles. The molecule has 0 spiro atoms. The maximum Gasteiger partial charge on any atom is 0.240 e. The van der Waals surface area contributed by atoms with Crippen LogP contribution in [0.4, 0.5) is 10.8 Å². The summed E-state index contributed by atoms with van der Waals surface area (Å²) in [5, 5.41) is 6.90. The number of thiazole rings is 1. The molecule has 0 unspecified atom stereocenters. The first-order chi connectivity index (χ1) is 14.5. The van der Waals surface area contributed by atoms with Gasteiger partial charge in [-0.3, -0.25) is 9.69 Å². The van der Waals surface area contributed by atoms with Gasteiger partial charge in [-0.1, -0.05) is 41.4 Å². The normalized spacial score (nSPS) is 14.7. The molecule has 0 atom stereocenters. The molecule has 1 aliphatic rings. The molecule has 0 aliphatic carbocycles. The molecule has 30 heavy (non-hydrogen) atoms. The minimum Gasteiger partial charge on any atom is -0.369 e. The lowest BCUT2D eigenvalue weighted by atomic mass is 10.1. The molecule has 1 N–H and O–H groups in total. The van der Waals surface area contributed by atoms with Crippen LogP contribution in [0.2, 0.25) is 10.0 Å². The summed E-state index contributed by atoms with van der Waals surface area (Å²) in [5.74, 6) is -0.0422. The Hall–Kier alpha value is -2.12. The van der Waals surface area contributed by atoms with E-state index in [1.54, 1.807) is 0 Å². The molecular formula is C22H22Cl2N4OS. The minimum absolute atomic E-state index is 0.0422. The SMILES string of the molecule is Cc1ccc(Cl)cc1N1CCN(CC(=O)Nc2nc(-c3ccc(Cl)cc3)cs2)CC1. The van der Waals surface area contributed by atoms with Crippen molar-refractivity contribution < 1.29 is 4.79 Å². The van der Waals surface area contributed by atoms with Gasteiger partial charge in [0, 0.05) is 52.9 Å². The summed E-state index contributed by atoms with van der Waals surface area (Å²) in [6.07, 6.45) is 0. The van der Waals surface area contributed by atoms with Crippen molar-refractivity contribution >= 4 is 51.3 Å². The number of nitrogens with one attached hydrogen (secondary N) is 1. The highest BCUT2D eigenvalue weighted by Gasteiger charge is 2.21. The van der Waals surface area contributed by atoms with Gasteiger partial charge in [0.2, 0.25) is 5.91 Å². The summed E-state index contributed by atoms with van der Waals surface area (Å²) in [5.41, 5.74) is 4.19. The van der Waals surface area contributed by atoms with E-state index in [2.05, 4.69) is 27.0 Å². The number of anilines is 2. The fourth-order valence-corrected chi connectivity index (χ4v) is 4.54. The number of aromatic nitrogens is 1. The van der Waals surface area contributed by atoms with Gasteiger partial charge in [0.05, 0.1) is 12.2 Å². The summed E-state index contributed by atoms with van der Waals surface area (Å²) in [4.78, 5) is 21.5. The Bertz CT molecular complexity index is 1030. The monoisotopic (exact) mass is 460 g/mol. The Balaban J connectivity index is 1.29. The van der Waals surface area contributed by atoms with Crippen LogP contribution in [0.15, 0.2) is 47.8 Å². The number of piperazine rings is 1. The van der Waals surface area contributed by atoms with Crippen LogP contribution in [0.3, 0.4) is 0 Å². The number of aryl methyl sites for hydroxylation is 1. The second-order valence-corrected chi connectivity index (χ2v) is 9.02. The van der Waals surface area contributed by atoms with Gasteiger partial charge in [-0.25, -0.2) is 4.98 Å². The fourth-order valence-electron chi connectivity index (χ4n) is 3.52. The summed E-state index contributed by atoms with van der Waals surface area (Å²) in [6.45, 7) is 5.84. The van der Waals surface area contributed by atoms with Crippen molar-refractivity contribution in [3.63, 3.8) is 0 Å². The molecule has 3 aromatic rings. The van der Waals surface area contributed by atoms with E-state index < -0.39 is 0 Å². The molecule has 5 nitrogen and oxygen atoms in total. The van der Waals surface area contributed by atoms with Gasteiger partial charge in [0.15, 0.2) is 5.13 Å². The maximum absolute atomic E-state index is 12.5. The molecule has 1 aromatic heterocycles. The summed E-state index contributed by atoms with van der Waals surface area (Å²) in [7, 11) is 0. The lowest BCUT2D eigenvalue weighted by Gasteiger charge is -2.36. The van der Waals surface area contributed by atoms with Gasteiger partial charge in [-0.05, 0) is 36.8 Å². The van der Waals surface area contributed by atoms with E-state index in [-0.39, 0.29) is 5.91 Å². The third-order valence-corrected chi connectivity index (χ3v) is 6.39. The lowest BCUT2D eigenvalue weighted by molar-refractivity contribution is -0.117. The van der Waals surface area contributed by atoms with Crippen LogP contribution in [0.25, 0.3) is 11.3 Å². The van der Waals surface area contributed by atoms with Gasteiger partial charge in [-0.2, -0.15) is 0 Å². The zero-order valence-corrected chi connectivity index (χ0v) is 18.9. The van der Waals surface area contributed by atoms with Crippen LogP contribution in [0.1, 0.15) is 5.56 Å². The summed E-state index contributed by atoms with van der Waals surface area (Å²) in [6, 6.07) is 13.5. The predicted molar refractivity (Wildman–Crippen MR) is 126 cm³/mol. The van der Waals surface area contributed by atoms with Gasteiger partial charge in [0.1, 0.15) is 0 Å². The highest BCUT2D eigenvalue weighted by Crippen LogP contribution is 2.27. The molecule has 4 rings (SSSR count). The van der Waals surface area contributed by atoms with E-state index >= 15 is 0 Å². The Morgan fingerprint density at radius 3 is 2.50 bits per heavy atom. The second kappa shape index (κ2) is 9.35. The van der Waals surface area contributed by atoms with E-state index in [4.69, 9.17) is 23.2 Å². The van der Waals surface area contributed by atoms with Crippen LogP contribution in [-0.2, 0) is 4.79 Å². The number of hydrogen-bond donors (Lipinski definition) is 1. The van der Waals surface area contributed by atoms with E-state index in [1.165, 1.54) is 22.6 Å². The quantitative estimate of drug-likeness (QED) is 0.569. The van der Waals surface area contributed by atoms with E-state index in [0.717, 1.165) is 42.5 Å². The van der Waals surface area contributed by atoms with E-state index in [9.17, 15) is 4.79 Å². The van der Waals surface area contributed by atoms with Crippen molar-refractivity contribution in [2.24, 2.45) is 0 Å². The number of amides is 1. The predicted octanol–water partition coefficient (Wildman–Crippen LogP) is 5.19. The van der Waals surface area contributed by atoms with Crippen molar-refractivity contribution in [1.29, 1.82) is 0 Å². The Labute approximate surface area is 190 Å². The smallest absolute Gasteiger partial charge is 0.240 e. The molecule has 2 aromatic carbocycles. The minimum atomic E-state index is -0.0422. The second-order valence-electron chi connectivity index (χ2n) is 7.29. The van der Waals surface area contributed by atoms with Crippen molar-refractivity contribution in [1.82, 2.24) is 9.88 Å². The Morgan fingerprint density at radius 1 is 1.07 bits per heavy atom. The Kier molecular flexibility index (Phi) is 6.58. The standard InChI is InChI=1S/C22H22Cl2N4OS/c1-15-2-5-18(24)12-20(15)28-10-8-27(9-11-28)13-21(29)26-22-25-19(14-30-22)16-3-6-17(23)7-4-16/h2-7,12,14H,8-11,13H2,1H3,(H,25,26,29). The third kappa shape index (κ3) is 5.13. The first kappa shape index (κ1) is 21.1. The molecule has 1 aliphatic heterocycles. The molecule has 1 saturated heterocycles. The van der Waals surface area contributed by atoms with E-state index in [1.807, 2.05) is 47.8 Å². The molecule has 1 fully saturated rings. The number of rotatable bonds is 5. The van der Waals surface area contributed by atoms with Gasteiger partial charge in [-0.15, -0.1) is 11.3 Å². The largest absolute Gasteiger partial charge is 0.369 e. The number of hydrogen-bond acceptors (Lipinski definition) is 5. The molecular weight excluding hydrogens is 439 g/mol. The van der Waals surface area contributed by atoms with Gasteiger partial charge >= 0.3 is 0 Å².